The average Bonchev–Trinajstić information content (AvgIpc) is 3.10. The summed E-state index contributed by atoms with van der Waals surface area (Å²) in [6, 6.07) is 17.5. The lowest BCUT2D eigenvalue weighted by Gasteiger charge is -2.07. The summed E-state index contributed by atoms with van der Waals surface area (Å²) < 4.78 is 7.29. The molecule has 5 heteroatoms. The summed E-state index contributed by atoms with van der Waals surface area (Å²) in [6.07, 6.45) is 3.27. The van der Waals surface area contributed by atoms with Crippen molar-refractivity contribution in [1.82, 2.24) is 15.1 Å². The molecule has 1 heterocycles. The quantitative estimate of drug-likeness (QED) is 0.710. The van der Waals surface area contributed by atoms with Gasteiger partial charge in [-0.1, -0.05) is 30.3 Å². The van der Waals surface area contributed by atoms with Gasteiger partial charge in [0.1, 0.15) is 12.4 Å². The molecule has 122 valence electrons. The van der Waals surface area contributed by atoms with Gasteiger partial charge in [-0.3, -0.25) is 4.79 Å². The van der Waals surface area contributed by atoms with E-state index in [4.69, 9.17) is 4.74 Å². The predicted octanol–water partition coefficient (Wildman–Crippen LogP) is 2.99. The number of amides is 1. The Bertz CT molecular complexity index is 812. The molecule has 1 amide bonds. The van der Waals surface area contributed by atoms with Crippen molar-refractivity contribution in [1.29, 1.82) is 0 Å². The summed E-state index contributed by atoms with van der Waals surface area (Å²) in [4.78, 5) is 12.1. The summed E-state index contributed by atoms with van der Waals surface area (Å²) in [5.74, 6) is 0.645. The number of para-hydroxylation sites is 1. The van der Waals surface area contributed by atoms with Crippen molar-refractivity contribution < 1.29 is 9.53 Å². The first kappa shape index (κ1) is 15.8. The second kappa shape index (κ2) is 7.46. The predicted molar refractivity (Wildman–Crippen MR) is 92.6 cm³/mol. The Morgan fingerprint density at radius 2 is 2.00 bits per heavy atom. The lowest BCUT2D eigenvalue weighted by Crippen LogP contribution is -2.27. The van der Waals surface area contributed by atoms with Gasteiger partial charge in [0.15, 0.2) is 0 Å². The van der Waals surface area contributed by atoms with Crippen molar-refractivity contribution in [3.63, 3.8) is 0 Å². The first-order valence-corrected chi connectivity index (χ1v) is 7.80. The standard InChI is InChI=1S/C19H19N3O2/c1-15-6-5-9-18(12-15)24-11-10-20-19(23)16-13-21-22(14-16)17-7-3-2-4-8-17/h2-9,12-14H,10-11H2,1H3,(H,20,23). The van der Waals surface area contributed by atoms with E-state index in [0.717, 1.165) is 17.0 Å². The number of hydrogen-bond donors (Lipinski definition) is 1. The molecule has 0 unspecified atom stereocenters. The van der Waals surface area contributed by atoms with Crippen LogP contribution in [0, 0.1) is 6.92 Å². The van der Waals surface area contributed by atoms with Crippen LogP contribution in [0.15, 0.2) is 67.0 Å². The second-order valence-electron chi connectivity index (χ2n) is 5.43. The highest BCUT2D eigenvalue weighted by Gasteiger charge is 2.08. The van der Waals surface area contributed by atoms with Gasteiger partial charge >= 0.3 is 0 Å². The Hall–Kier alpha value is -3.08. The zero-order valence-corrected chi connectivity index (χ0v) is 13.5. The highest BCUT2D eigenvalue weighted by Crippen LogP contribution is 2.12. The SMILES string of the molecule is Cc1cccc(OCCNC(=O)c2cnn(-c3ccccc3)c2)c1. The van der Waals surface area contributed by atoms with Crippen LogP contribution in [-0.4, -0.2) is 28.8 Å². The fourth-order valence-electron chi connectivity index (χ4n) is 2.30. The van der Waals surface area contributed by atoms with Crippen molar-refractivity contribution in [2.24, 2.45) is 0 Å². The van der Waals surface area contributed by atoms with Gasteiger partial charge in [-0.15, -0.1) is 0 Å². The van der Waals surface area contributed by atoms with Gasteiger partial charge in [0.2, 0.25) is 0 Å². The van der Waals surface area contributed by atoms with Crippen LogP contribution in [0.1, 0.15) is 15.9 Å². The third-order valence-electron chi connectivity index (χ3n) is 3.51. The number of rotatable bonds is 6. The average molecular weight is 321 g/mol. The van der Waals surface area contributed by atoms with E-state index in [1.165, 1.54) is 0 Å². The van der Waals surface area contributed by atoms with Crippen LogP contribution in [0.3, 0.4) is 0 Å². The summed E-state index contributed by atoms with van der Waals surface area (Å²) in [5.41, 5.74) is 2.58. The molecule has 0 aliphatic heterocycles. The highest BCUT2D eigenvalue weighted by molar-refractivity contribution is 5.93. The van der Waals surface area contributed by atoms with Crippen molar-refractivity contribution >= 4 is 5.91 Å². The van der Waals surface area contributed by atoms with Gasteiger partial charge in [0.25, 0.3) is 5.91 Å². The number of carbonyl (C=O) groups excluding carboxylic acids is 1. The van der Waals surface area contributed by atoms with Gasteiger partial charge < -0.3 is 10.1 Å². The van der Waals surface area contributed by atoms with Crippen molar-refractivity contribution in [2.75, 3.05) is 13.2 Å². The van der Waals surface area contributed by atoms with Crippen LogP contribution >= 0.6 is 0 Å². The largest absolute Gasteiger partial charge is 0.492 e. The first-order chi connectivity index (χ1) is 11.7. The molecule has 0 aliphatic carbocycles. The highest BCUT2D eigenvalue weighted by atomic mass is 16.5. The number of ether oxygens (including phenoxy) is 1. The van der Waals surface area contributed by atoms with Gasteiger partial charge in [0.05, 0.1) is 24.0 Å². The van der Waals surface area contributed by atoms with Crippen LogP contribution in [-0.2, 0) is 0 Å². The smallest absolute Gasteiger partial charge is 0.254 e. The van der Waals surface area contributed by atoms with Crippen molar-refractivity contribution in [2.45, 2.75) is 6.92 Å². The number of hydrogen-bond acceptors (Lipinski definition) is 3. The Kier molecular flexibility index (Phi) is 4.91. The molecule has 5 nitrogen and oxygen atoms in total. The van der Waals surface area contributed by atoms with Crippen LogP contribution < -0.4 is 10.1 Å². The fourth-order valence-corrected chi connectivity index (χ4v) is 2.30. The summed E-state index contributed by atoms with van der Waals surface area (Å²) in [6.45, 7) is 2.87. The van der Waals surface area contributed by atoms with Crippen LogP contribution in [0.4, 0.5) is 0 Å². The van der Waals surface area contributed by atoms with Crippen molar-refractivity contribution in [3.8, 4) is 11.4 Å². The molecule has 3 aromatic rings. The Labute approximate surface area is 140 Å². The van der Waals surface area contributed by atoms with Crippen LogP contribution in [0.25, 0.3) is 5.69 Å². The van der Waals surface area contributed by atoms with Crippen LogP contribution in [0.5, 0.6) is 5.75 Å². The molecule has 0 fully saturated rings. The summed E-state index contributed by atoms with van der Waals surface area (Å²) in [7, 11) is 0. The Morgan fingerprint density at radius 3 is 2.79 bits per heavy atom. The molecule has 0 atom stereocenters. The number of carbonyl (C=O) groups is 1. The lowest BCUT2D eigenvalue weighted by atomic mass is 10.2. The van der Waals surface area contributed by atoms with Gasteiger partial charge in [-0.25, -0.2) is 4.68 Å². The van der Waals surface area contributed by atoms with E-state index in [-0.39, 0.29) is 5.91 Å². The fraction of sp³-hybridized carbons (Fsp3) is 0.158. The number of nitrogens with one attached hydrogen (secondary N) is 1. The molecule has 0 saturated heterocycles. The third kappa shape index (κ3) is 4.01. The number of aryl methyl sites for hydroxylation is 1. The number of aromatic nitrogens is 2. The molecule has 1 N–H and O–H groups in total. The molecule has 0 bridgehead atoms. The molecule has 1 aromatic heterocycles. The number of nitrogens with zero attached hydrogens (tertiary/aromatic N) is 2. The molecule has 0 radical (unpaired) electrons. The van der Waals surface area contributed by atoms with E-state index in [9.17, 15) is 4.79 Å². The lowest BCUT2D eigenvalue weighted by molar-refractivity contribution is 0.0947. The molecule has 0 saturated carbocycles. The maximum atomic E-state index is 12.1. The maximum absolute atomic E-state index is 12.1. The first-order valence-electron chi connectivity index (χ1n) is 7.80. The normalized spacial score (nSPS) is 10.4. The molecule has 3 rings (SSSR count). The van der Waals surface area contributed by atoms with Crippen LogP contribution in [0.2, 0.25) is 0 Å². The monoisotopic (exact) mass is 321 g/mol. The zero-order valence-electron chi connectivity index (χ0n) is 13.5. The third-order valence-corrected chi connectivity index (χ3v) is 3.51. The second-order valence-corrected chi connectivity index (χ2v) is 5.43. The molecule has 0 aliphatic rings. The summed E-state index contributed by atoms with van der Waals surface area (Å²) >= 11 is 0. The minimum absolute atomic E-state index is 0.162. The van der Waals surface area contributed by atoms with E-state index in [0.29, 0.717) is 18.7 Å². The minimum Gasteiger partial charge on any atom is -0.492 e. The van der Waals surface area contributed by atoms with E-state index in [1.54, 1.807) is 17.1 Å². The van der Waals surface area contributed by atoms with Crippen molar-refractivity contribution in [3.05, 3.63) is 78.1 Å². The Morgan fingerprint density at radius 1 is 1.17 bits per heavy atom. The van der Waals surface area contributed by atoms with E-state index in [1.807, 2.05) is 61.5 Å². The topological polar surface area (TPSA) is 56.1 Å². The van der Waals surface area contributed by atoms with E-state index >= 15 is 0 Å². The van der Waals surface area contributed by atoms with E-state index < -0.39 is 0 Å². The zero-order chi connectivity index (χ0) is 16.8. The molecule has 24 heavy (non-hydrogen) atoms. The van der Waals surface area contributed by atoms with Gasteiger partial charge in [0, 0.05) is 6.20 Å². The van der Waals surface area contributed by atoms with Gasteiger partial charge in [-0.05, 0) is 36.8 Å². The number of benzene rings is 2. The summed E-state index contributed by atoms with van der Waals surface area (Å²) in [5, 5.41) is 7.05. The minimum atomic E-state index is -0.162. The Balaban J connectivity index is 1.50. The molecular weight excluding hydrogens is 302 g/mol. The van der Waals surface area contributed by atoms with Gasteiger partial charge in [-0.2, -0.15) is 5.10 Å². The van der Waals surface area contributed by atoms with E-state index in [2.05, 4.69) is 10.4 Å². The molecular formula is C19H19N3O2. The molecule has 0 spiro atoms. The maximum Gasteiger partial charge on any atom is 0.254 e. The molecule has 2 aromatic carbocycles.